The van der Waals surface area contributed by atoms with Crippen molar-refractivity contribution >= 4 is 34.3 Å². The highest BCUT2D eigenvalue weighted by molar-refractivity contribution is 6.31. The van der Waals surface area contributed by atoms with Crippen LogP contribution in [0.3, 0.4) is 0 Å². The number of benzene rings is 2. The summed E-state index contributed by atoms with van der Waals surface area (Å²) < 4.78 is 16.8. The molecule has 190 valence electrons. The van der Waals surface area contributed by atoms with Gasteiger partial charge in [0.2, 0.25) is 5.78 Å². The maximum absolute atomic E-state index is 13.8. The number of ether oxygens (including phenoxy) is 2. The Kier molecular flexibility index (Phi) is 7.56. The molecule has 1 amide bonds. The van der Waals surface area contributed by atoms with Gasteiger partial charge in [-0.2, -0.15) is 0 Å². The first-order valence-corrected chi connectivity index (χ1v) is 12.1. The van der Waals surface area contributed by atoms with Crippen molar-refractivity contribution in [2.45, 2.75) is 19.4 Å². The molecule has 1 unspecified atom stereocenters. The summed E-state index contributed by atoms with van der Waals surface area (Å²) in [6.07, 6.45) is 0.662. The molecule has 0 saturated carbocycles. The normalized spacial score (nSPS) is 15.9. The second-order valence-corrected chi connectivity index (χ2v) is 9.23. The highest BCUT2D eigenvalue weighted by Crippen LogP contribution is 2.41. The van der Waals surface area contributed by atoms with E-state index in [1.165, 1.54) is 12.0 Å². The Morgan fingerprint density at radius 1 is 1.22 bits per heavy atom. The van der Waals surface area contributed by atoms with Crippen molar-refractivity contribution in [3.8, 4) is 11.5 Å². The highest BCUT2D eigenvalue weighted by atomic mass is 35.5. The van der Waals surface area contributed by atoms with E-state index in [1.54, 1.807) is 36.4 Å². The van der Waals surface area contributed by atoms with E-state index >= 15 is 0 Å². The van der Waals surface area contributed by atoms with Gasteiger partial charge in [0, 0.05) is 23.0 Å². The zero-order chi connectivity index (χ0) is 26.0. The van der Waals surface area contributed by atoms with Crippen LogP contribution >= 0.6 is 11.6 Å². The number of ketones is 1. The van der Waals surface area contributed by atoms with Gasteiger partial charge in [-0.05, 0) is 63.8 Å². The number of rotatable bonds is 10. The molecule has 0 aliphatic carbocycles. The summed E-state index contributed by atoms with van der Waals surface area (Å²) in [6.45, 7) is 3.44. The number of furan rings is 1. The van der Waals surface area contributed by atoms with Gasteiger partial charge in [0.05, 0.1) is 25.3 Å². The number of aliphatic hydroxyl groups is 1. The quantitative estimate of drug-likeness (QED) is 0.381. The molecule has 0 fully saturated rings. The minimum atomic E-state index is -0.800. The fourth-order valence-corrected chi connectivity index (χ4v) is 4.66. The zero-order valence-electron chi connectivity index (χ0n) is 20.7. The van der Waals surface area contributed by atoms with Crippen LogP contribution in [0.4, 0.5) is 0 Å². The van der Waals surface area contributed by atoms with Crippen LogP contribution in [0.25, 0.3) is 11.0 Å². The first-order chi connectivity index (χ1) is 17.2. The molecule has 1 N–H and O–H groups in total. The van der Waals surface area contributed by atoms with Crippen molar-refractivity contribution in [3.63, 3.8) is 0 Å². The molecular formula is C27H29ClN2O6. The number of hydrogen-bond donors (Lipinski definition) is 1. The van der Waals surface area contributed by atoms with Crippen LogP contribution in [0.2, 0.25) is 5.02 Å². The zero-order valence-corrected chi connectivity index (χ0v) is 21.5. The number of amides is 1. The van der Waals surface area contributed by atoms with E-state index in [4.69, 9.17) is 25.5 Å². The summed E-state index contributed by atoms with van der Waals surface area (Å²) in [4.78, 5) is 30.5. The Labute approximate surface area is 214 Å². The third kappa shape index (κ3) is 4.92. The van der Waals surface area contributed by atoms with E-state index < -0.39 is 23.5 Å². The number of halogens is 1. The second-order valence-electron chi connectivity index (χ2n) is 8.79. The molecule has 9 heteroatoms. The molecule has 4 rings (SSSR count). The minimum absolute atomic E-state index is 0.0268. The lowest BCUT2D eigenvalue weighted by Crippen LogP contribution is -2.33. The summed E-state index contributed by atoms with van der Waals surface area (Å²) in [5, 5.41) is 11.9. The van der Waals surface area contributed by atoms with Gasteiger partial charge in [0.25, 0.3) is 5.91 Å². The maximum Gasteiger partial charge on any atom is 0.290 e. The largest absolute Gasteiger partial charge is 0.503 e. The number of carbonyl (C=O) groups excluding carboxylic acids is 2. The van der Waals surface area contributed by atoms with Crippen molar-refractivity contribution in [2.24, 2.45) is 0 Å². The van der Waals surface area contributed by atoms with Gasteiger partial charge in [-0.3, -0.25) is 9.59 Å². The standard InChI is InChI=1S/C27H29ClN2O6/c1-5-35-19-9-6-8-16(13-19)23-22(25(32)27(33)30(23)11-7-10-29(2)3)24(31)20-14-17-12-18(28)15-21(34-4)26(17)36-20/h6,8-9,12-15,23,32H,5,7,10-11H2,1-4H3. The number of hydrogen-bond acceptors (Lipinski definition) is 7. The van der Waals surface area contributed by atoms with E-state index in [9.17, 15) is 14.7 Å². The van der Waals surface area contributed by atoms with Crippen LogP contribution in [0.1, 0.15) is 35.5 Å². The first kappa shape index (κ1) is 25.6. The van der Waals surface area contributed by atoms with Crippen LogP contribution in [0, 0.1) is 0 Å². The molecule has 1 aromatic heterocycles. The molecule has 2 heterocycles. The van der Waals surface area contributed by atoms with Crippen LogP contribution < -0.4 is 9.47 Å². The molecule has 1 aliphatic rings. The average molecular weight is 513 g/mol. The number of nitrogens with zero attached hydrogens (tertiary/aromatic N) is 2. The maximum atomic E-state index is 13.8. The monoisotopic (exact) mass is 512 g/mol. The number of Topliss-reactive ketones (excluding diaryl/α,β-unsaturated/α-hetero) is 1. The van der Waals surface area contributed by atoms with Gasteiger partial charge >= 0.3 is 0 Å². The average Bonchev–Trinajstić information content (AvgIpc) is 3.38. The predicted octanol–water partition coefficient (Wildman–Crippen LogP) is 5.02. The van der Waals surface area contributed by atoms with Gasteiger partial charge in [0.1, 0.15) is 5.75 Å². The Bertz CT molecular complexity index is 1330. The SMILES string of the molecule is CCOc1cccc(C2C(C(=O)c3cc4cc(Cl)cc(OC)c4o3)=C(O)C(=O)N2CCCN(C)C)c1. The predicted molar refractivity (Wildman–Crippen MR) is 137 cm³/mol. The van der Waals surface area contributed by atoms with Crippen molar-refractivity contribution in [1.29, 1.82) is 0 Å². The Hall–Kier alpha value is -3.49. The molecule has 8 nitrogen and oxygen atoms in total. The molecule has 0 radical (unpaired) electrons. The van der Waals surface area contributed by atoms with Gasteiger partial charge < -0.3 is 28.8 Å². The van der Waals surface area contributed by atoms with Crippen LogP contribution in [0.5, 0.6) is 11.5 Å². The summed E-state index contributed by atoms with van der Waals surface area (Å²) in [7, 11) is 5.37. The van der Waals surface area contributed by atoms with E-state index in [0.717, 1.165) is 6.54 Å². The first-order valence-electron chi connectivity index (χ1n) is 11.7. The highest BCUT2D eigenvalue weighted by Gasteiger charge is 2.44. The molecule has 0 spiro atoms. The molecule has 3 aromatic rings. The number of aliphatic hydroxyl groups excluding tert-OH is 1. The van der Waals surface area contributed by atoms with Crippen molar-refractivity contribution in [1.82, 2.24) is 9.80 Å². The van der Waals surface area contributed by atoms with Crippen LogP contribution in [-0.4, -0.2) is 67.5 Å². The lowest BCUT2D eigenvalue weighted by molar-refractivity contribution is -0.129. The summed E-state index contributed by atoms with van der Waals surface area (Å²) in [6, 6.07) is 11.2. The van der Waals surface area contributed by atoms with Gasteiger partial charge in [-0.1, -0.05) is 23.7 Å². The lowest BCUT2D eigenvalue weighted by atomic mass is 9.94. The van der Waals surface area contributed by atoms with Gasteiger partial charge in [0.15, 0.2) is 22.9 Å². The second kappa shape index (κ2) is 10.6. The topological polar surface area (TPSA) is 92.4 Å². The molecule has 2 aromatic carbocycles. The van der Waals surface area contributed by atoms with E-state index in [0.29, 0.717) is 52.6 Å². The lowest BCUT2D eigenvalue weighted by Gasteiger charge is -2.27. The Morgan fingerprint density at radius 2 is 2.00 bits per heavy atom. The molecule has 0 saturated heterocycles. The molecule has 0 bridgehead atoms. The minimum Gasteiger partial charge on any atom is -0.503 e. The van der Waals surface area contributed by atoms with Crippen LogP contribution in [-0.2, 0) is 4.79 Å². The molecule has 36 heavy (non-hydrogen) atoms. The summed E-state index contributed by atoms with van der Waals surface area (Å²) in [5.74, 6) is -0.804. The van der Waals surface area contributed by atoms with Crippen molar-refractivity contribution in [2.75, 3.05) is 40.9 Å². The Balaban J connectivity index is 1.78. The van der Waals surface area contributed by atoms with E-state index in [2.05, 4.69) is 0 Å². The van der Waals surface area contributed by atoms with E-state index in [1.807, 2.05) is 32.0 Å². The van der Waals surface area contributed by atoms with Crippen molar-refractivity contribution in [3.05, 3.63) is 70.1 Å². The third-order valence-electron chi connectivity index (χ3n) is 6.03. The smallest absolute Gasteiger partial charge is 0.290 e. The molecule has 1 aliphatic heterocycles. The van der Waals surface area contributed by atoms with Gasteiger partial charge in [-0.25, -0.2) is 0 Å². The number of methoxy groups -OCH3 is 1. The van der Waals surface area contributed by atoms with Gasteiger partial charge in [-0.15, -0.1) is 0 Å². The number of fused-ring (bicyclic) bond motifs is 1. The third-order valence-corrected chi connectivity index (χ3v) is 6.25. The fourth-order valence-electron chi connectivity index (χ4n) is 4.44. The number of carbonyl (C=O) groups is 2. The van der Waals surface area contributed by atoms with Crippen LogP contribution in [0.15, 0.2) is 58.2 Å². The molecule has 1 atom stereocenters. The van der Waals surface area contributed by atoms with E-state index in [-0.39, 0.29) is 11.3 Å². The Morgan fingerprint density at radius 3 is 2.69 bits per heavy atom. The van der Waals surface area contributed by atoms with Crippen molar-refractivity contribution < 1.29 is 28.6 Å². The fraction of sp³-hybridized carbons (Fsp3) is 0.333. The summed E-state index contributed by atoms with van der Waals surface area (Å²) >= 11 is 6.17. The summed E-state index contributed by atoms with van der Waals surface area (Å²) in [5.41, 5.74) is 0.971. The molecular weight excluding hydrogens is 484 g/mol.